The van der Waals surface area contributed by atoms with E-state index in [4.69, 9.17) is 9.47 Å². The molecule has 0 unspecified atom stereocenters. The molecule has 142 valence electrons. The summed E-state index contributed by atoms with van der Waals surface area (Å²) < 4.78 is 25.2. The molecule has 2 rings (SSSR count). The van der Waals surface area contributed by atoms with Crippen LogP contribution in [-0.2, 0) is 13.2 Å². The summed E-state index contributed by atoms with van der Waals surface area (Å²) in [7, 11) is 5.78. The minimum absolute atomic E-state index is 0.255. The quantitative estimate of drug-likeness (QED) is 0.578. The molecule has 6 heteroatoms. The predicted octanol–water partition coefficient (Wildman–Crippen LogP) is 4.22. The summed E-state index contributed by atoms with van der Waals surface area (Å²) in [4.78, 5) is 2.18. The summed E-state index contributed by atoms with van der Waals surface area (Å²) in [5.41, 5.74) is 2.01. The van der Waals surface area contributed by atoms with Gasteiger partial charge in [0.1, 0.15) is 12.4 Å². The zero-order valence-corrected chi connectivity index (χ0v) is 17.1. The lowest BCUT2D eigenvalue weighted by Gasteiger charge is -2.15. The first kappa shape index (κ1) is 20.7. The molecule has 0 spiro atoms. The Morgan fingerprint density at radius 2 is 1.85 bits per heavy atom. The van der Waals surface area contributed by atoms with Gasteiger partial charge in [-0.25, -0.2) is 4.39 Å². The molecule has 0 atom stereocenters. The first-order valence-corrected chi connectivity index (χ1v) is 9.38. The van der Waals surface area contributed by atoms with Gasteiger partial charge in [0, 0.05) is 6.54 Å². The van der Waals surface area contributed by atoms with Crippen molar-refractivity contribution in [3.63, 3.8) is 0 Å². The molecule has 0 amide bonds. The van der Waals surface area contributed by atoms with Crippen LogP contribution < -0.4 is 14.8 Å². The van der Waals surface area contributed by atoms with E-state index in [1.165, 1.54) is 12.1 Å². The normalized spacial score (nSPS) is 11.0. The Morgan fingerprint density at radius 1 is 1.12 bits per heavy atom. The van der Waals surface area contributed by atoms with Crippen molar-refractivity contribution in [3.05, 3.63) is 57.8 Å². The number of methoxy groups -OCH3 is 1. The van der Waals surface area contributed by atoms with Crippen molar-refractivity contribution in [2.75, 3.05) is 34.3 Å². The zero-order valence-electron chi connectivity index (χ0n) is 15.5. The van der Waals surface area contributed by atoms with Crippen molar-refractivity contribution in [2.45, 2.75) is 19.6 Å². The highest BCUT2D eigenvalue weighted by Gasteiger charge is 2.12. The molecule has 0 saturated carbocycles. The van der Waals surface area contributed by atoms with Crippen LogP contribution in [0.25, 0.3) is 0 Å². The topological polar surface area (TPSA) is 33.7 Å². The van der Waals surface area contributed by atoms with Gasteiger partial charge in [0.15, 0.2) is 11.5 Å². The summed E-state index contributed by atoms with van der Waals surface area (Å²) in [6.07, 6.45) is 1.10. The van der Waals surface area contributed by atoms with Crippen molar-refractivity contribution >= 4 is 15.9 Å². The third-order valence-electron chi connectivity index (χ3n) is 3.87. The molecule has 0 aromatic heterocycles. The summed E-state index contributed by atoms with van der Waals surface area (Å²) in [5.74, 6) is 1.06. The smallest absolute Gasteiger partial charge is 0.175 e. The molecule has 0 bridgehead atoms. The Labute approximate surface area is 163 Å². The SMILES string of the molecule is COc1cc(CNCCCN(C)C)cc(Br)c1OCc1ccc(F)cc1. The number of nitrogens with one attached hydrogen (secondary N) is 1. The fourth-order valence-corrected chi connectivity index (χ4v) is 3.11. The molecule has 2 aromatic rings. The van der Waals surface area contributed by atoms with Crippen LogP contribution in [0.4, 0.5) is 4.39 Å². The van der Waals surface area contributed by atoms with Gasteiger partial charge in [0.25, 0.3) is 0 Å². The molecule has 0 aliphatic heterocycles. The Morgan fingerprint density at radius 3 is 2.50 bits per heavy atom. The van der Waals surface area contributed by atoms with Gasteiger partial charge in [0.2, 0.25) is 0 Å². The van der Waals surface area contributed by atoms with Gasteiger partial charge in [-0.3, -0.25) is 0 Å². The second-order valence-electron chi connectivity index (χ2n) is 6.36. The fraction of sp³-hybridized carbons (Fsp3) is 0.400. The molecular weight excluding hydrogens is 399 g/mol. The molecule has 0 radical (unpaired) electrons. The molecule has 0 aliphatic rings. The number of benzene rings is 2. The Bertz CT molecular complexity index is 693. The van der Waals surface area contributed by atoms with E-state index in [0.29, 0.717) is 18.1 Å². The summed E-state index contributed by atoms with van der Waals surface area (Å²) in [6, 6.07) is 10.3. The van der Waals surface area contributed by atoms with Gasteiger partial charge in [-0.2, -0.15) is 0 Å². The van der Waals surface area contributed by atoms with Gasteiger partial charge < -0.3 is 19.7 Å². The third-order valence-corrected chi connectivity index (χ3v) is 4.46. The molecule has 1 N–H and O–H groups in total. The first-order chi connectivity index (χ1) is 12.5. The number of hydrogen-bond donors (Lipinski definition) is 1. The van der Waals surface area contributed by atoms with Crippen LogP contribution in [0.15, 0.2) is 40.9 Å². The van der Waals surface area contributed by atoms with Crippen LogP contribution in [0.3, 0.4) is 0 Å². The molecule has 0 aliphatic carbocycles. The van der Waals surface area contributed by atoms with Gasteiger partial charge in [-0.15, -0.1) is 0 Å². The van der Waals surface area contributed by atoms with E-state index >= 15 is 0 Å². The van der Waals surface area contributed by atoms with Crippen LogP contribution in [0.2, 0.25) is 0 Å². The number of halogens is 2. The van der Waals surface area contributed by atoms with E-state index in [0.717, 1.165) is 41.7 Å². The van der Waals surface area contributed by atoms with E-state index in [1.54, 1.807) is 19.2 Å². The molecular formula is C20H26BrFN2O2. The van der Waals surface area contributed by atoms with E-state index < -0.39 is 0 Å². The molecule has 0 fully saturated rings. The Kier molecular flexibility index (Phi) is 8.35. The van der Waals surface area contributed by atoms with E-state index in [2.05, 4.69) is 40.2 Å². The zero-order chi connectivity index (χ0) is 18.9. The third kappa shape index (κ3) is 6.59. The van der Waals surface area contributed by atoms with Crippen LogP contribution in [0.5, 0.6) is 11.5 Å². The molecule has 0 saturated heterocycles. The largest absolute Gasteiger partial charge is 0.493 e. The monoisotopic (exact) mass is 424 g/mol. The second kappa shape index (κ2) is 10.5. The lowest BCUT2D eigenvalue weighted by molar-refractivity contribution is 0.282. The summed E-state index contributed by atoms with van der Waals surface area (Å²) in [5, 5.41) is 3.44. The maximum atomic E-state index is 13.0. The van der Waals surface area contributed by atoms with E-state index in [-0.39, 0.29) is 5.82 Å². The molecule has 26 heavy (non-hydrogen) atoms. The van der Waals surface area contributed by atoms with Gasteiger partial charge >= 0.3 is 0 Å². The average molecular weight is 425 g/mol. The summed E-state index contributed by atoms with van der Waals surface area (Å²) in [6.45, 7) is 3.13. The fourth-order valence-electron chi connectivity index (χ4n) is 2.50. The standard InChI is InChI=1S/C20H26BrFN2O2/c1-24(2)10-4-9-23-13-16-11-18(21)20(19(12-16)25-3)26-14-15-5-7-17(22)8-6-15/h5-8,11-12,23H,4,9-10,13-14H2,1-3H3. The lowest BCUT2D eigenvalue weighted by Crippen LogP contribution is -2.21. The highest BCUT2D eigenvalue weighted by atomic mass is 79.9. The van der Waals surface area contributed by atoms with Gasteiger partial charge in [0.05, 0.1) is 11.6 Å². The minimum atomic E-state index is -0.255. The van der Waals surface area contributed by atoms with Gasteiger partial charge in [-0.05, 0) is 84.9 Å². The number of nitrogens with zero attached hydrogens (tertiary/aromatic N) is 1. The number of hydrogen-bond acceptors (Lipinski definition) is 4. The van der Waals surface area contributed by atoms with Crippen LogP contribution >= 0.6 is 15.9 Å². The number of rotatable bonds is 10. The Balaban J connectivity index is 1.96. The van der Waals surface area contributed by atoms with Crippen molar-refractivity contribution in [3.8, 4) is 11.5 Å². The first-order valence-electron chi connectivity index (χ1n) is 8.58. The molecule has 4 nitrogen and oxygen atoms in total. The second-order valence-corrected chi connectivity index (χ2v) is 7.21. The maximum Gasteiger partial charge on any atom is 0.175 e. The van der Waals surface area contributed by atoms with Gasteiger partial charge in [-0.1, -0.05) is 12.1 Å². The lowest BCUT2D eigenvalue weighted by atomic mass is 10.2. The van der Waals surface area contributed by atoms with Crippen LogP contribution in [-0.4, -0.2) is 39.2 Å². The highest BCUT2D eigenvalue weighted by Crippen LogP contribution is 2.37. The van der Waals surface area contributed by atoms with Crippen molar-refractivity contribution in [1.82, 2.24) is 10.2 Å². The summed E-state index contributed by atoms with van der Waals surface area (Å²) >= 11 is 3.57. The van der Waals surface area contributed by atoms with E-state index in [1.807, 2.05) is 12.1 Å². The maximum absolute atomic E-state index is 13.0. The van der Waals surface area contributed by atoms with Crippen LogP contribution in [0.1, 0.15) is 17.5 Å². The minimum Gasteiger partial charge on any atom is -0.493 e. The predicted molar refractivity (Wildman–Crippen MR) is 106 cm³/mol. The van der Waals surface area contributed by atoms with Crippen molar-refractivity contribution in [2.24, 2.45) is 0 Å². The molecule has 2 aromatic carbocycles. The number of ether oxygens (including phenoxy) is 2. The average Bonchev–Trinajstić information content (AvgIpc) is 2.61. The highest BCUT2D eigenvalue weighted by molar-refractivity contribution is 9.10. The van der Waals surface area contributed by atoms with Crippen molar-refractivity contribution in [1.29, 1.82) is 0 Å². The molecule has 0 heterocycles. The Hall–Kier alpha value is -1.63. The van der Waals surface area contributed by atoms with Crippen LogP contribution in [0, 0.1) is 5.82 Å². The van der Waals surface area contributed by atoms with E-state index in [9.17, 15) is 4.39 Å². The van der Waals surface area contributed by atoms with Crippen molar-refractivity contribution < 1.29 is 13.9 Å².